The summed E-state index contributed by atoms with van der Waals surface area (Å²) >= 11 is 0. The second kappa shape index (κ2) is 5.92. The van der Waals surface area contributed by atoms with Crippen LogP contribution < -0.4 is 0 Å². The molecule has 0 spiro atoms. The molecule has 6 heteroatoms. The van der Waals surface area contributed by atoms with Crippen LogP contribution in [0.1, 0.15) is 37.3 Å². The molecule has 0 unspecified atom stereocenters. The Labute approximate surface area is 150 Å². The predicted octanol–water partition coefficient (Wildman–Crippen LogP) is 4.02. The molecule has 132 valence electrons. The summed E-state index contributed by atoms with van der Waals surface area (Å²) in [7, 11) is 0. The Morgan fingerprint density at radius 3 is 2.92 bits per heavy atom. The van der Waals surface area contributed by atoms with Crippen molar-refractivity contribution >= 4 is 22.1 Å². The largest absolute Gasteiger partial charge is 0.464 e. The number of aromatic nitrogens is 4. The molecule has 6 nitrogen and oxygen atoms in total. The van der Waals surface area contributed by atoms with Crippen LogP contribution in [0, 0.1) is 6.92 Å². The van der Waals surface area contributed by atoms with E-state index in [0.29, 0.717) is 0 Å². The molecule has 1 fully saturated rings. The monoisotopic (exact) mass is 348 g/mol. The van der Waals surface area contributed by atoms with Crippen LogP contribution in [0.5, 0.6) is 0 Å². The van der Waals surface area contributed by atoms with Crippen LogP contribution in [0.4, 0.5) is 0 Å². The van der Waals surface area contributed by atoms with Gasteiger partial charge in [0.1, 0.15) is 11.1 Å². The molecule has 1 N–H and O–H groups in total. The van der Waals surface area contributed by atoms with E-state index in [1.165, 1.54) is 0 Å². The van der Waals surface area contributed by atoms with E-state index in [0.717, 1.165) is 64.6 Å². The number of imidazole rings is 1. The van der Waals surface area contributed by atoms with Gasteiger partial charge in [-0.05, 0) is 49.6 Å². The van der Waals surface area contributed by atoms with Crippen LogP contribution in [0.15, 0.2) is 41.3 Å². The lowest BCUT2D eigenvalue weighted by Crippen LogP contribution is -2.27. The number of furan rings is 1. The molecule has 0 radical (unpaired) electrons. The van der Waals surface area contributed by atoms with Gasteiger partial charge in [-0.2, -0.15) is 0 Å². The SMILES string of the molecule is Cc1cc2occc2cc1-c1cc2ncn([C@@H]3CCCC[C@H]3O)c2nn1. The van der Waals surface area contributed by atoms with Crippen molar-refractivity contribution in [3.8, 4) is 11.3 Å². The van der Waals surface area contributed by atoms with Gasteiger partial charge in [0.05, 0.1) is 30.4 Å². The Bertz CT molecular complexity index is 1100. The summed E-state index contributed by atoms with van der Waals surface area (Å²) in [6.07, 6.45) is 7.13. The summed E-state index contributed by atoms with van der Waals surface area (Å²) in [6, 6.07) is 8.06. The van der Waals surface area contributed by atoms with Crippen molar-refractivity contribution < 1.29 is 9.52 Å². The molecular formula is C20H20N4O2. The van der Waals surface area contributed by atoms with Gasteiger partial charge in [-0.3, -0.25) is 0 Å². The first-order valence-corrected chi connectivity index (χ1v) is 9.07. The topological polar surface area (TPSA) is 77.0 Å². The zero-order valence-electron chi connectivity index (χ0n) is 14.6. The molecule has 0 aliphatic heterocycles. The van der Waals surface area contributed by atoms with E-state index >= 15 is 0 Å². The van der Waals surface area contributed by atoms with Crippen LogP contribution in [0.3, 0.4) is 0 Å². The van der Waals surface area contributed by atoms with Crippen molar-refractivity contribution in [2.24, 2.45) is 0 Å². The number of fused-ring (bicyclic) bond motifs is 2. The normalized spacial score (nSPS) is 20.8. The molecule has 1 aliphatic carbocycles. The quantitative estimate of drug-likeness (QED) is 0.592. The Morgan fingerprint density at radius 2 is 2.04 bits per heavy atom. The summed E-state index contributed by atoms with van der Waals surface area (Å²) in [6.45, 7) is 2.04. The maximum absolute atomic E-state index is 10.3. The number of hydrogen-bond acceptors (Lipinski definition) is 5. The number of hydrogen-bond donors (Lipinski definition) is 1. The van der Waals surface area contributed by atoms with E-state index in [1.54, 1.807) is 12.6 Å². The fourth-order valence-corrected chi connectivity index (χ4v) is 4.01. The molecule has 4 aromatic rings. The van der Waals surface area contributed by atoms with Crippen molar-refractivity contribution in [1.82, 2.24) is 19.7 Å². The van der Waals surface area contributed by atoms with Crippen molar-refractivity contribution in [3.05, 3.63) is 42.4 Å². The van der Waals surface area contributed by atoms with E-state index in [2.05, 4.69) is 21.2 Å². The van der Waals surface area contributed by atoms with Gasteiger partial charge in [0.2, 0.25) is 0 Å². The van der Waals surface area contributed by atoms with Crippen LogP contribution in [0.25, 0.3) is 33.4 Å². The van der Waals surface area contributed by atoms with Crippen LogP contribution >= 0.6 is 0 Å². The third-order valence-electron chi connectivity index (χ3n) is 5.45. The zero-order chi connectivity index (χ0) is 17.7. The van der Waals surface area contributed by atoms with E-state index in [-0.39, 0.29) is 12.1 Å². The molecule has 26 heavy (non-hydrogen) atoms. The summed E-state index contributed by atoms with van der Waals surface area (Å²) < 4.78 is 7.45. The maximum atomic E-state index is 10.3. The first-order chi connectivity index (χ1) is 12.7. The third-order valence-corrected chi connectivity index (χ3v) is 5.45. The van der Waals surface area contributed by atoms with Gasteiger partial charge in [0.25, 0.3) is 0 Å². The molecule has 1 aromatic carbocycles. The van der Waals surface area contributed by atoms with Crippen molar-refractivity contribution in [1.29, 1.82) is 0 Å². The maximum Gasteiger partial charge on any atom is 0.182 e. The molecule has 3 aromatic heterocycles. The molecule has 0 amide bonds. The summed E-state index contributed by atoms with van der Waals surface area (Å²) in [4.78, 5) is 4.53. The minimum Gasteiger partial charge on any atom is -0.464 e. The Hall–Kier alpha value is -2.73. The van der Waals surface area contributed by atoms with E-state index in [9.17, 15) is 5.11 Å². The number of benzene rings is 1. The highest BCUT2D eigenvalue weighted by molar-refractivity contribution is 5.86. The van der Waals surface area contributed by atoms with Crippen molar-refractivity contribution in [2.75, 3.05) is 0 Å². The molecule has 0 bridgehead atoms. The van der Waals surface area contributed by atoms with E-state index in [4.69, 9.17) is 4.42 Å². The first kappa shape index (κ1) is 15.5. The van der Waals surface area contributed by atoms with Gasteiger partial charge in [-0.25, -0.2) is 4.98 Å². The summed E-state index contributed by atoms with van der Waals surface area (Å²) in [5.74, 6) is 0. The van der Waals surface area contributed by atoms with Crippen LogP contribution in [-0.2, 0) is 0 Å². The van der Waals surface area contributed by atoms with Gasteiger partial charge < -0.3 is 14.1 Å². The number of rotatable bonds is 2. The first-order valence-electron chi connectivity index (χ1n) is 9.07. The second-order valence-corrected chi connectivity index (χ2v) is 7.13. The number of aliphatic hydroxyl groups excluding tert-OH is 1. The van der Waals surface area contributed by atoms with Gasteiger partial charge in [0.15, 0.2) is 5.65 Å². The van der Waals surface area contributed by atoms with Gasteiger partial charge >= 0.3 is 0 Å². The van der Waals surface area contributed by atoms with Crippen LogP contribution in [0.2, 0.25) is 0 Å². The lowest BCUT2D eigenvalue weighted by Gasteiger charge is -2.28. The average Bonchev–Trinajstić information content (AvgIpc) is 3.27. The van der Waals surface area contributed by atoms with E-state index in [1.807, 2.05) is 29.7 Å². The van der Waals surface area contributed by atoms with Crippen molar-refractivity contribution in [2.45, 2.75) is 44.8 Å². The lowest BCUT2D eigenvalue weighted by molar-refractivity contribution is 0.0770. The van der Waals surface area contributed by atoms with E-state index < -0.39 is 0 Å². The Kier molecular flexibility index (Phi) is 3.53. The second-order valence-electron chi connectivity index (χ2n) is 7.13. The van der Waals surface area contributed by atoms with Gasteiger partial charge in [-0.15, -0.1) is 10.2 Å². The van der Waals surface area contributed by atoms with Gasteiger partial charge in [0, 0.05) is 10.9 Å². The van der Waals surface area contributed by atoms with Crippen molar-refractivity contribution in [3.63, 3.8) is 0 Å². The minimum atomic E-state index is -0.339. The minimum absolute atomic E-state index is 0.0397. The van der Waals surface area contributed by atoms with Crippen LogP contribution in [-0.4, -0.2) is 31.0 Å². The van der Waals surface area contributed by atoms with Gasteiger partial charge in [-0.1, -0.05) is 12.8 Å². The fourth-order valence-electron chi connectivity index (χ4n) is 4.01. The Balaban J connectivity index is 1.59. The highest BCUT2D eigenvalue weighted by atomic mass is 16.3. The molecule has 5 rings (SSSR count). The molecule has 3 heterocycles. The number of aliphatic hydroxyl groups is 1. The Morgan fingerprint density at radius 1 is 1.15 bits per heavy atom. The smallest absolute Gasteiger partial charge is 0.182 e. The zero-order valence-corrected chi connectivity index (χ0v) is 14.6. The molecule has 0 saturated heterocycles. The summed E-state index contributed by atoms with van der Waals surface area (Å²) in [5, 5.41) is 20.3. The molecule has 1 aliphatic rings. The fraction of sp³-hybridized carbons (Fsp3) is 0.350. The third kappa shape index (κ3) is 2.41. The lowest BCUT2D eigenvalue weighted by atomic mass is 9.92. The number of nitrogens with zero attached hydrogens (tertiary/aromatic N) is 4. The average molecular weight is 348 g/mol. The molecule has 2 atom stereocenters. The predicted molar refractivity (Wildman–Crippen MR) is 98.8 cm³/mol. The molecular weight excluding hydrogens is 328 g/mol. The highest BCUT2D eigenvalue weighted by Crippen LogP contribution is 2.32. The highest BCUT2D eigenvalue weighted by Gasteiger charge is 2.26. The summed E-state index contributed by atoms with van der Waals surface area (Å²) in [5.41, 5.74) is 5.33. The number of aryl methyl sites for hydroxylation is 1. The standard InChI is InChI=1S/C20H20N4O2/c1-12-8-19-13(6-7-26-19)9-14(12)15-10-16-20(23-22-15)24(11-21-16)17-4-2-3-5-18(17)25/h6-11,17-18,25H,2-5H2,1H3/t17-,18-/m1/s1. The molecule has 1 saturated carbocycles.